The molecule has 8 nitrogen and oxygen atoms in total. The van der Waals surface area contributed by atoms with Crippen molar-refractivity contribution in [3.63, 3.8) is 0 Å². The Morgan fingerprint density at radius 3 is 2.06 bits per heavy atom. The van der Waals surface area contributed by atoms with E-state index in [-0.39, 0.29) is 17.6 Å². The highest BCUT2D eigenvalue weighted by atomic mass is 16.7. The van der Waals surface area contributed by atoms with Crippen LogP contribution in [0.3, 0.4) is 0 Å². The Hall–Kier alpha value is -3.30. The number of hydrogen-bond acceptors (Lipinski definition) is 8. The van der Waals surface area contributed by atoms with Crippen molar-refractivity contribution < 1.29 is 37.6 Å². The van der Waals surface area contributed by atoms with Gasteiger partial charge in [0.05, 0.1) is 19.1 Å². The number of fused-ring (bicyclic) bond motifs is 1. The minimum atomic E-state index is -2.81. The van der Waals surface area contributed by atoms with Crippen LogP contribution in [0.4, 0.5) is 0 Å². The van der Waals surface area contributed by atoms with Gasteiger partial charge in [0.25, 0.3) is 0 Å². The molecule has 252 valence electrons. The van der Waals surface area contributed by atoms with Crippen LogP contribution in [-0.2, 0) is 15.1 Å². The minimum Gasteiger partial charge on any atom is -0.492 e. The molecular formula is C39H49NO7. The molecule has 4 aliphatic heterocycles. The molecule has 0 radical (unpaired) electrons. The zero-order valence-electron chi connectivity index (χ0n) is 30.1. The van der Waals surface area contributed by atoms with E-state index in [1.807, 2.05) is 36.4 Å². The lowest BCUT2D eigenvalue weighted by molar-refractivity contribution is -0.106. The fourth-order valence-electron chi connectivity index (χ4n) is 7.15. The van der Waals surface area contributed by atoms with Crippen LogP contribution < -0.4 is 18.9 Å². The first-order valence-corrected chi connectivity index (χ1v) is 17.4. The minimum absolute atomic E-state index is 0.185. The van der Waals surface area contributed by atoms with Crippen molar-refractivity contribution in [1.82, 2.24) is 4.90 Å². The molecule has 1 N–H and O–H groups in total. The number of piperidine rings is 1. The molecule has 0 aromatic heterocycles. The van der Waals surface area contributed by atoms with Crippen molar-refractivity contribution in [2.75, 3.05) is 39.5 Å². The van der Waals surface area contributed by atoms with Crippen molar-refractivity contribution in [2.24, 2.45) is 0 Å². The Morgan fingerprint density at radius 1 is 0.766 bits per heavy atom. The first-order chi connectivity index (χ1) is 24.3. The van der Waals surface area contributed by atoms with Crippen molar-refractivity contribution in [2.45, 2.75) is 94.8 Å². The zero-order chi connectivity index (χ0) is 34.6. The lowest BCUT2D eigenvalue weighted by atomic mass is 9.71. The van der Waals surface area contributed by atoms with Gasteiger partial charge in [-0.2, -0.15) is 0 Å². The van der Waals surface area contributed by atoms with Gasteiger partial charge in [-0.05, 0) is 106 Å². The number of rotatable bonds is 10. The van der Waals surface area contributed by atoms with Gasteiger partial charge in [0, 0.05) is 35.1 Å². The Bertz CT molecular complexity index is 1530. The van der Waals surface area contributed by atoms with Gasteiger partial charge < -0.3 is 33.5 Å². The number of nitrogens with zero attached hydrogens (tertiary/aromatic N) is 1. The molecule has 4 aliphatic rings. The average Bonchev–Trinajstić information content (AvgIpc) is 3.13. The summed E-state index contributed by atoms with van der Waals surface area (Å²) < 4.78 is 62.9. The molecule has 3 saturated heterocycles. The maximum absolute atomic E-state index is 12.7. The summed E-state index contributed by atoms with van der Waals surface area (Å²) in [5.41, 5.74) is -0.799. The Labute approximate surface area is 283 Å². The molecule has 0 spiro atoms. The number of benzene rings is 3. The Kier molecular flexibility index (Phi) is 9.07. The Morgan fingerprint density at radius 2 is 1.40 bits per heavy atom. The van der Waals surface area contributed by atoms with E-state index in [1.54, 1.807) is 30.3 Å². The van der Waals surface area contributed by atoms with E-state index in [2.05, 4.69) is 4.90 Å². The van der Waals surface area contributed by atoms with Crippen molar-refractivity contribution in [3.8, 4) is 23.0 Å². The molecule has 3 aromatic rings. The number of likely N-dealkylation sites (tertiary alicyclic amines) is 1. The number of hydrogen-bond donors (Lipinski definition) is 1. The molecule has 7 rings (SSSR count). The zero-order valence-corrected chi connectivity index (χ0v) is 27.1. The molecule has 0 saturated carbocycles. The van der Waals surface area contributed by atoms with E-state index >= 15 is 0 Å². The first-order valence-electron chi connectivity index (χ1n) is 18.9. The van der Waals surface area contributed by atoms with E-state index in [4.69, 9.17) is 32.5 Å². The second-order valence-corrected chi connectivity index (χ2v) is 13.2. The fourth-order valence-corrected chi connectivity index (χ4v) is 7.15. The van der Waals surface area contributed by atoms with Crippen molar-refractivity contribution in [3.05, 3.63) is 83.4 Å². The molecule has 3 unspecified atom stereocenters. The van der Waals surface area contributed by atoms with Gasteiger partial charge in [-0.25, -0.2) is 0 Å². The van der Waals surface area contributed by atoms with E-state index in [1.165, 1.54) is 19.3 Å². The topological polar surface area (TPSA) is 78.9 Å². The van der Waals surface area contributed by atoms with Crippen LogP contribution in [0.15, 0.2) is 66.7 Å². The van der Waals surface area contributed by atoms with Crippen LogP contribution in [0.5, 0.6) is 23.0 Å². The van der Waals surface area contributed by atoms with Crippen LogP contribution in [0.25, 0.3) is 0 Å². The molecule has 5 atom stereocenters. The maximum atomic E-state index is 12.7. The van der Waals surface area contributed by atoms with Gasteiger partial charge in [-0.3, -0.25) is 4.90 Å². The highest BCUT2D eigenvalue weighted by molar-refractivity contribution is 5.50. The van der Waals surface area contributed by atoms with Crippen molar-refractivity contribution >= 4 is 0 Å². The van der Waals surface area contributed by atoms with Gasteiger partial charge in [0.1, 0.15) is 41.3 Å². The van der Waals surface area contributed by atoms with E-state index in [0.717, 1.165) is 63.9 Å². The summed E-state index contributed by atoms with van der Waals surface area (Å²) >= 11 is 0. The average molecular weight is 647 g/mol. The number of ether oxygens (including phenoxy) is 6. The first kappa shape index (κ1) is 28.7. The standard InChI is InChI=1S/C39H49NO7/c1-39(41)33-20-19-32(46-36-10-4-8-25-44-36)27-34(33)47-38(29-13-15-30(16-14-29)42-26-23-40-21-5-2-6-22-40)37(39)28-11-17-31(18-12-28)45-35-9-3-7-24-43-35/h11-20,27,35-38,41H,2-10,21-26H2,1H3/t35?,36?,37-,38-,39?/m0/s1/i1D3. The molecule has 8 heteroatoms. The SMILES string of the molecule is [2H]C([2H])([2H])C1(O)c2ccc(OC3CCCCO3)cc2O[C@@H](c2ccc(OCCN3CCCCC3)cc2)[C@@H]1c1ccc(OC2CCCCO2)cc1. The molecule has 0 amide bonds. The Balaban J connectivity index is 1.20. The molecule has 3 fully saturated rings. The summed E-state index contributed by atoms with van der Waals surface area (Å²) in [6.45, 7) is 2.16. The predicted molar refractivity (Wildman–Crippen MR) is 179 cm³/mol. The van der Waals surface area contributed by atoms with E-state index in [9.17, 15) is 5.11 Å². The largest absolute Gasteiger partial charge is 0.492 e. The third-order valence-electron chi connectivity index (χ3n) is 9.75. The van der Waals surface area contributed by atoms with Crippen LogP contribution in [0.1, 0.15) is 97.5 Å². The van der Waals surface area contributed by atoms with Gasteiger partial charge in [0.15, 0.2) is 12.6 Å². The molecule has 47 heavy (non-hydrogen) atoms. The van der Waals surface area contributed by atoms with Crippen LogP contribution >= 0.6 is 0 Å². The second-order valence-electron chi connectivity index (χ2n) is 13.2. The second kappa shape index (κ2) is 14.9. The summed E-state index contributed by atoms with van der Waals surface area (Å²) in [6, 6.07) is 19.8. The fraction of sp³-hybridized carbons (Fsp3) is 0.538. The normalized spacial score (nSPS) is 29.3. The molecule has 3 aromatic carbocycles. The van der Waals surface area contributed by atoms with Crippen LogP contribution in [0.2, 0.25) is 0 Å². The summed E-state index contributed by atoms with van der Waals surface area (Å²) in [7, 11) is 0. The monoisotopic (exact) mass is 646 g/mol. The molecular weight excluding hydrogens is 594 g/mol. The smallest absolute Gasteiger partial charge is 0.199 e. The number of aliphatic hydroxyl groups is 1. The third-order valence-corrected chi connectivity index (χ3v) is 9.75. The van der Waals surface area contributed by atoms with Gasteiger partial charge in [-0.15, -0.1) is 0 Å². The molecule has 4 heterocycles. The summed E-state index contributed by atoms with van der Waals surface area (Å²) in [6.07, 6.45) is 7.82. The summed E-state index contributed by atoms with van der Waals surface area (Å²) in [5.74, 6) is 1.09. The van der Waals surface area contributed by atoms with Gasteiger partial charge >= 0.3 is 0 Å². The van der Waals surface area contributed by atoms with Crippen LogP contribution in [0, 0.1) is 0 Å². The van der Waals surface area contributed by atoms with Crippen LogP contribution in [-0.4, -0.2) is 62.0 Å². The maximum Gasteiger partial charge on any atom is 0.199 e. The predicted octanol–water partition coefficient (Wildman–Crippen LogP) is 7.49. The highest BCUT2D eigenvalue weighted by Crippen LogP contribution is 2.54. The van der Waals surface area contributed by atoms with Gasteiger partial charge in [-0.1, -0.05) is 30.7 Å². The quantitative estimate of drug-likeness (QED) is 0.243. The lowest BCUT2D eigenvalue weighted by Crippen LogP contribution is -2.40. The van der Waals surface area contributed by atoms with E-state index < -0.39 is 30.8 Å². The van der Waals surface area contributed by atoms with Gasteiger partial charge in [0.2, 0.25) is 0 Å². The highest BCUT2D eigenvalue weighted by Gasteiger charge is 2.48. The summed E-state index contributed by atoms with van der Waals surface area (Å²) in [5, 5.41) is 12.7. The lowest BCUT2D eigenvalue weighted by Gasteiger charge is -2.44. The third kappa shape index (κ3) is 7.72. The molecule has 0 bridgehead atoms. The van der Waals surface area contributed by atoms with E-state index in [0.29, 0.717) is 42.4 Å². The molecule has 0 aliphatic carbocycles. The summed E-state index contributed by atoms with van der Waals surface area (Å²) in [4.78, 5) is 2.43. The van der Waals surface area contributed by atoms with Crippen molar-refractivity contribution in [1.29, 1.82) is 0 Å².